The molecular weight excluding hydrogens is 260 g/mol. The van der Waals surface area contributed by atoms with Crippen molar-refractivity contribution >= 4 is 27.6 Å². The zero-order valence-corrected chi connectivity index (χ0v) is 10.8. The van der Waals surface area contributed by atoms with Crippen LogP contribution in [0.5, 0.6) is 0 Å². The maximum absolute atomic E-state index is 11.4. The Balaban J connectivity index is 2.33. The number of thioether (sulfide) groups is 1. The lowest BCUT2D eigenvalue weighted by Gasteiger charge is -2.03. The summed E-state index contributed by atoms with van der Waals surface area (Å²) in [5.74, 6) is -0.895. The van der Waals surface area contributed by atoms with E-state index in [0.717, 1.165) is 4.90 Å². The number of carboxylic acid groups (broad SMARTS) is 1. The predicted octanol–water partition coefficient (Wildman–Crippen LogP) is 1.67. The topological polar surface area (TPSA) is 71.4 Å². The molecule has 0 atom stereocenters. The molecule has 0 aliphatic rings. The van der Waals surface area contributed by atoms with Crippen LogP contribution in [-0.4, -0.2) is 36.8 Å². The Labute approximate surface area is 105 Å². The second-order valence-corrected chi connectivity index (χ2v) is 6.93. The maximum atomic E-state index is 11.4. The van der Waals surface area contributed by atoms with E-state index < -0.39 is 15.8 Å². The second-order valence-electron chi connectivity index (χ2n) is 3.46. The lowest BCUT2D eigenvalue weighted by atomic mass is 10.4. The fourth-order valence-electron chi connectivity index (χ4n) is 1.15. The normalized spacial score (nSPS) is 11.3. The Morgan fingerprint density at radius 2 is 1.82 bits per heavy atom. The highest BCUT2D eigenvalue weighted by molar-refractivity contribution is 8.00. The van der Waals surface area contributed by atoms with Gasteiger partial charge in [0.25, 0.3) is 0 Å². The second kappa shape index (κ2) is 6.66. The van der Waals surface area contributed by atoms with Gasteiger partial charge in [0.2, 0.25) is 0 Å². The van der Waals surface area contributed by atoms with Crippen LogP contribution in [0.2, 0.25) is 0 Å². The summed E-state index contributed by atoms with van der Waals surface area (Å²) in [4.78, 5) is 11.3. The number of aliphatic carboxylic acids is 1. The zero-order valence-electron chi connectivity index (χ0n) is 9.20. The highest BCUT2D eigenvalue weighted by atomic mass is 32.2. The van der Waals surface area contributed by atoms with Crippen LogP contribution in [0.3, 0.4) is 0 Å². The molecule has 4 nitrogen and oxygen atoms in total. The minimum Gasteiger partial charge on any atom is -0.481 e. The Bertz CT molecular complexity index is 454. The van der Waals surface area contributed by atoms with Crippen molar-refractivity contribution in [2.24, 2.45) is 0 Å². The Morgan fingerprint density at radius 3 is 2.41 bits per heavy atom. The molecule has 17 heavy (non-hydrogen) atoms. The number of sulfone groups is 1. The third-order valence-corrected chi connectivity index (χ3v) is 4.96. The maximum Gasteiger partial charge on any atom is 0.304 e. The first-order valence-electron chi connectivity index (χ1n) is 5.10. The molecule has 0 amide bonds. The SMILES string of the molecule is O=C(O)CCS(=O)(=O)CCSc1ccccc1. The van der Waals surface area contributed by atoms with E-state index in [1.807, 2.05) is 30.3 Å². The van der Waals surface area contributed by atoms with Crippen LogP contribution in [0.4, 0.5) is 0 Å². The third-order valence-electron chi connectivity index (χ3n) is 2.03. The molecule has 0 fully saturated rings. The number of benzene rings is 1. The lowest BCUT2D eigenvalue weighted by molar-refractivity contribution is -0.136. The molecule has 1 rings (SSSR count). The van der Waals surface area contributed by atoms with Gasteiger partial charge in [0.05, 0.1) is 17.9 Å². The van der Waals surface area contributed by atoms with Crippen molar-refractivity contribution in [2.45, 2.75) is 11.3 Å². The van der Waals surface area contributed by atoms with Crippen molar-refractivity contribution in [1.82, 2.24) is 0 Å². The van der Waals surface area contributed by atoms with E-state index in [9.17, 15) is 13.2 Å². The molecule has 94 valence electrons. The first-order valence-corrected chi connectivity index (χ1v) is 7.90. The monoisotopic (exact) mass is 274 g/mol. The van der Waals surface area contributed by atoms with Crippen molar-refractivity contribution in [3.8, 4) is 0 Å². The molecule has 1 N–H and O–H groups in total. The van der Waals surface area contributed by atoms with Crippen molar-refractivity contribution in [3.05, 3.63) is 30.3 Å². The van der Waals surface area contributed by atoms with Crippen LogP contribution in [0.15, 0.2) is 35.2 Å². The molecule has 0 saturated heterocycles. The lowest BCUT2D eigenvalue weighted by Crippen LogP contribution is -2.15. The summed E-state index contributed by atoms with van der Waals surface area (Å²) in [6.45, 7) is 0. The van der Waals surface area contributed by atoms with Crippen molar-refractivity contribution in [1.29, 1.82) is 0 Å². The van der Waals surface area contributed by atoms with Crippen LogP contribution in [0.25, 0.3) is 0 Å². The van der Waals surface area contributed by atoms with Gasteiger partial charge in [0, 0.05) is 10.6 Å². The fourth-order valence-corrected chi connectivity index (χ4v) is 3.77. The molecule has 6 heteroatoms. The molecule has 0 radical (unpaired) electrons. The van der Waals surface area contributed by atoms with Gasteiger partial charge in [0.15, 0.2) is 9.84 Å². The van der Waals surface area contributed by atoms with E-state index in [1.165, 1.54) is 11.8 Å². The van der Waals surface area contributed by atoms with Crippen molar-refractivity contribution in [3.63, 3.8) is 0 Å². The molecule has 0 aromatic heterocycles. The van der Waals surface area contributed by atoms with Gasteiger partial charge in [-0.3, -0.25) is 4.79 Å². The Kier molecular flexibility index (Phi) is 5.50. The van der Waals surface area contributed by atoms with Gasteiger partial charge in [-0.2, -0.15) is 0 Å². The average Bonchev–Trinajstić information content (AvgIpc) is 2.28. The standard InChI is InChI=1S/C11H14O4S2/c12-11(13)6-8-17(14,15)9-7-16-10-4-2-1-3-5-10/h1-5H,6-9H2,(H,12,13). The molecule has 0 aliphatic carbocycles. The van der Waals surface area contributed by atoms with E-state index in [1.54, 1.807) is 0 Å². The zero-order chi connectivity index (χ0) is 12.7. The van der Waals surface area contributed by atoms with Gasteiger partial charge >= 0.3 is 5.97 Å². The van der Waals surface area contributed by atoms with Crippen LogP contribution in [-0.2, 0) is 14.6 Å². The quantitative estimate of drug-likeness (QED) is 0.766. The first-order chi connectivity index (χ1) is 7.99. The van der Waals surface area contributed by atoms with Crippen LogP contribution in [0, 0.1) is 0 Å². The highest BCUT2D eigenvalue weighted by Crippen LogP contribution is 2.17. The number of hydrogen-bond acceptors (Lipinski definition) is 4. The summed E-state index contributed by atoms with van der Waals surface area (Å²) >= 11 is 1.45. The summed E-state index contributed by atoms with van der Waals surface area (Å²) in [7, 11) is -3.25. The minimum atomic E-state index is -3.25. The molecule has 0 saturated carbocycles. The van der Waals surface area contributed by atoms with E-state index >= 15 is 0 Å². The largest absolute Gasteiger partial charge is 0.481 e. The Hall–Kier alpha value is -1.01. The first kappa shape index (κ1) is 14.1. The molecule has 0 aliphatic heterocycles. The van der Waals surface area contributed by atoms with Crippen molar-refractivity contribution in [2.75, 3.05) is 17.3 Å². The summed E-state index contributed by atoms with van der Waals surface area (Å²) < 4.78 is 22.9. The molecule has 0 unspecified atom stereocenters. The summed E-state index contributed by atoms with van der Waals surface area (Å²) in [5, 5.41) is 8.41. The smallest absolute Gasteiger partial charge is 0.304 e. The van der Waals surface area contributed by atoms with E-state index in [-0.39, 0.29) is 17.9 Å². The number of rotatable bonds is 7. The molecule has 0 bridgehead atoms. The van der Waals surface area contributed by atoms with Gasteiger partial charge in [-0.25, -0.2) is 8.42 Å². The van der Waals surface area contributed by atoms with Crippen LogP contribution < -0.4 is 0 Å². The van der Waals surface area contributed by atoms with Crippen LogP contribution >= 0.6 is 11.8 Å². The van der Waals surface area contributed by atoms with Crippen LogP contribution in [0.1, 0.15) is 6.42 Å². The minimum absolute atomic E-state index is 0.0137. The predicted molar refractivity (Wildman–Crippen MR) is 68.1 cm³/mol. The third kappa shape index (κ3) is 6.33. The van der Waals surface area contributed by atoms with E-state index in [2.05, 4.69) is 0 Å². The Morgan fingerprint density at radius 1 is 1.18 bits per heavy atom. The van der Waals surface area contributed by atoms with Gasteiger partial charge in [-0.05, 0) is 12.1 Å². The number of carboxylic acids is 1. The van der Waals surface area contributed by atoms with Gasteiger partial charge < -0.3 is 5.11 Å². The van der Waals surface area contributed by atoms with Gasteiger partial charge in [-0.1, -0.05) is 18.2 Å². The van der Waals surface area contributed by atoms with Crippen molar-refractivity contribution < 1.29 is 18.3 Å². The van der Waals surface area contributed by atoms with Gasteiger partial charge in [0.1, 0.15) is 0 Å². The summed E-state index contributed by atoms with van der Waals surface area (Å²) in [6, 6.07) is 9.50. The summed E-state index contributed by atoms with van der Waals surface area (Å²) in [5.41, 5.74) is 0. The molecular formula is C11H14O4S2. The molecule has 1 aromatic carbocycles. The molecule has 0 heterocycles. The fraction of sp³-hybridized carbons (Fsp3) is 0.364. The van der Waals surface area contributed by atoms with Gasteiger partial charge in [-0.15, -0.1) is 11.8 Å². The summed E-state index contributed by atoms with van der Waals surface area (Å²) in [6.07, 6.45) is -0.321. The van der Waals surface area contributed by atoms with E-state index in [4.69, 9.17) is 5.11 Å². The number of hydrogen-bond donors (Lipinski definition) is 1. The average molecular weight is 274 g/mol. The molecule has 1 aromatic rings. The number of carbonyl (C=O) groups is 1. The molecule has 0 spiro atoms. The highest BCUT2D eigenvalue weighted by Gasteiger charge is 2.12. The van der Waals surface area contributed by atoms with E-state index in [0.29, 0.717) is 5.75 Å².